The van der Waals surface area contributed by atoms with Gasteiger partial charge in [0.1, 0.15) is 6.17 Å². The highest BCUT2D eigenvalue weighted by Crippen LogP contribution is 2.08. The molecule has 5 heteroatoms. The highest BCUT2D eigenvalue weighted by atomic mass is 35.5. The van der Waals surface area contributed by atoms with E-state index in [9.17, 15) is 9.18 Å². The highest BCUT2D eigenvalue weighted by molar-refractivity contribution is 5.85. The van der Waals surface area contributed by atoms with Crippen LogP contribution in [-0.2, 0) is 4.79 Å². The quantitative estimate of drug-likeness (QED) is 0.560. The topological polar surface area (TPSA) is 55.1 Å². The second-order valence-electron chi connectivity index (χ2n) is 2.20. The van der Waals surface area contributed by atoms with Crippen molar-refractivity contribution >= 4 is 18.3 Å². The third-order valence-electron chi connectivity index (χ3n) is 1.42. The Bertz CT molecular complexity index is 133. The fourth-order valence-corrected chi connectivity index (χ4v) is 0.909. The number of amides is 1. The molecule has 0 unspecified atom stereocenters. The third kappa shape index (κ3) is 2.11. The Morgan fingerprint density at radius 1 is 1.70 bits per heavy atom. The van der Waals surface area contributed by atoms with Crippen LogP contribution in [0.25, 0.3) is 0 Å². The molecule has 0 aromatic rings. The molecule has 0 aliphatic carbocycles. The second-order valence-corrected chi connectivity index (χ2v) is 2.20. The normalized spacial score (nSPS) is 31.3. The summed E-state index contributed by atoms with van der Waals surface area (Å²) in [5.41, 5.74) is 4.89. The number of primary amides is 1. The molecule has 1 aliphatic rings. The first-order valence-electron chi connectivity index (χ1n) is 2.87. The number of alkyl halides is 1. The van der Waals surface area contributed by atoms with Gasteiger partial charge in [0.2, 0.25) is 5.91 Å². The predicted octanol–water partition coefficient (Wildman–Crippen LogP) is -0.407. The first-order chi connectivity index (χ1) is 4.20. The molecule has 1 heterocycles. The Kier molecular flexibility index (Phi) is 3.60. The number of nitrogens with one attached hydrogen (secondary N) is 1. The van der Waals surface area contributed by atoms with Gasteiger partial charge in [0.05, 0.1) is 6.04 Å². The summed E-state index contributed by atoms with van der Waals surface area (Å²) >= 11 is 0. The van der Waals surface area contributed by atoms with E-state index in [0.29, 0.717) is 0 Å². The van der Waals surface area contributed by atoms with Crippen LogP contribution >= 0.6 is 12.4 Å². The second kappa shape index (κ2) is 3.73. The Labute approximate surface area is 64.6 Å². The van der Waals surface area contributed by atoms with E-state index in [0.717, 1.165) is 0 Å². The zero-order valence-electron chi connectivity index (χ0n) is 5.34. The first-order valence-corrected chi connectivity index (χ1v) is 2.87. The van der Waals surface area contributed by atoms with Crippen LogP contribution in [-0.4, -0.2) is 24.7 Å². The summed E-state index contributed by atoms with van der Waals surface area (Å²) in [6, 6.07) is -0.444. The lowest BCUT2D eigenvalue weighted by atomic mass is 10.2. The molecule has 1 rings (SSSR count). The molecule has 1 aliphatic heterocycles. The van der Waals surface area contributed by atoms with Crippen LogP contribution in [0.4, 0.5) is 4.39 Å². The van der Waals surface area contributed by atoms with Gasteiger partial charge in [0.15, 0.2) is 0 Å². The maximum Gasteiger partial charge on any atom is 0.234 e. The SMILES string of the molecule is Cl.NC(=O)[C@@H]1C[C@@H](F)CN1. The Hall–Kier alpha value is -0.350. The number of nitrogens with two attached hydrogens (primary N) is 1. The highest BCUT2D eigenvalue weighted by Gasteiger charge is 2.26. The molecule has 1 saturated heterocycles. The number of carbonyl (C=O) groups is 1. The standard InChI is InChI=1S/C5H9FN2O.ClH/c6-3-1-4(5(7)9)8-2-3;/h3-4,8H,1-2H2,(H2,7,9);1H/t3-,4+;/m1./s1. The van der Waals surface area contributed by atoms with Crippen LogP contribution < -0.4 is 11.1 Å². The molecular formula is C5H10ClFN2O. The minimum atomic E-state index is -0.900. The largest absolute Gasteiger partial charge is 0.368 e. The maximum absolute atomic E-state index is 12.3. The van der Waals surface area contributed by atoms with Crippen molar-refractivity contribution in [1.29, 1.82) is 0 Å². The molecule has 0 radical (unpaired) electrons. The van der Waals surface area contributed by atoms with E-state index >= 15 is 0 Å². The van der Waals surface area contributed by atoms with Gasteiger partial charge < -0.3 is 11.1 Å². The Balaban J connectivity index is 0.000000810. The number of rotatable bonds is 1. The summed E-state index contributed by atoms with van der Waals surface area (Å²) in [6.07, 6.45) is -0.669. The Morgan fingerprint density at radius 2 is 2.30 bits per heavy atom. The molecule has 0 aromatic carbocycles. The van der Waals surface area contributed by atoms with E-state index in [-0.39, 0.29) is 25.4 Å². The van der Waals surface area contributed by atoms with Crippen molar-refractivity contribution in [3.63, 3.8) is 0 Å². The van der Waals surface area contributed by atoms with Gasteiger partial charge in [-0.25, -0.2) is 4.39 Å². The van der Waals surface area contributed by atoms with E-state index in [1.807, 2.05) is 0 Å². The monoisotopic (exact) mass is 168 g/mol. The summed E-state index contributed by atoms with van der Waals surface area (Å²) < 4.78 is 12.3. The van der Waals surface area contributed by atoms with Crippen molar-refractivity contribution in [3.8, 4) is 0 Å². The van der Waals surface area contributed by atoms with Crippen LogP contribution in [0.15, 0.2) is 0 Å². The smallest absolute Gasteiger partial charge is 0.234 e. The summed E-state index contributed by atoms with van der Waals surface area (Å²) in [5.74, 6) is -0.463. The summed E-state index contributed by atoms with van der Waals surface area (Å²) in [4.78, 5) is 10.3. The van der Waals surface area contributed by atoms with Crippen LogP contribution in [0.2, 0.25) is 0 Å². The van der Waals surface area contributed by atoms with Gasteiger partial charge >= 0.3 is 0 Å². The van der Waals surface area contributed by atoms with Gasteiger partial charge in [-0.1, -0.05) is 0 Å². The van der Waals surface area contributed by atoms with Crippen molar-refractivity contribution in [2.75, 3.05) is 6.54 Å². The number of hydrogen-bond donors (Lipinski definition) is 2. The number of hydrogen-bond acceptors (Lipinski definition) is 2. The molecule has 0 saturated carbocycles. The molecule has 0 aromatic heterocycles. The Morgan fingerprint density at radius 3 is 2.50 bits per heavy atom. The third-order valence-corrected chi connectivity index (χ3v) is 1.42. The van der Waals surface area contributed by atoms with Crippen molar-refractivity contribution in [2.45, 2.75) is 18.6 Å². The molecule has 60 valence electrons. The van der Waals surface area contributed by atoms with Gasteiger partial charge in [-0.2, -0.15) is 0 Å². The predicted molar refractivity (Wildman–Crippen MR) is 37.7 cm³/mol. The van der Waals surface area contributed by atoms with Crippen molar-refractivity contribution in [1.82, 2.24) is 5.32 Å². The van der Waals surface area contributed by atoms with Gasteiger partial charge in [-0.3, -0.25) is 4.79 Å². The fraction of sp³-hybridized carbons (Fsp3) is 0.800. The number of halogens is 2. The molecule has 3 N–H and O–H groups in total. The van der Waals surface area contributed by atoms with E-state index < -0.39 is 18.1 Å². The maximum atomic E-state index is 12.3. The van der Waals surface area contributed by atoms with Gasteiger partial charge in [-0.05, 0) is 0 Å². The van der Waals surface area contributed by atoms with Gasteiger partial charge in [0, 0.05) is 13.0 Å². The van der Waals surface area contributed by atoms with Crippen LogP contribution in [0.1, 0.15) is 6.42 Å². The zero-order chi connectivity index (χ0) is 6.85. The van der Waals surface area contributed by atoms with Crippen LogP contribution in [0.5, 0.6) is 0 Å². The summed E-state index contributed by atoms with van der Waals surface area (Å²) in [7, 11) is 0. The van der Waals surface area contributed by atoms with Gasteiger partial charge in [0.25, 0.3) is 0 Å². The summed E-state index contributed by atoms with van der Waals surface area (Å²) in [5, 5.41) is 2.66. The van der Waals surface area contributed by atoms with E-state index in [1.165, 1.54) is 0 Å². The minimum Gasteiger partial charge on any atom is -0.368 e. The molecule has 0 bridgehead atoms. The van der Waals surface area contributed by atoms with Crippen LogP contribution in [0.3, 0.4) is 0 Å². The summed E-state index contributed by atoms with van der Waals surface area (Å²) in [6.45, 7) is 0.258. The average Bonchev–Trinajstić information content (AvgIpc) is 2.14. The number of carbonyl (C=O) groups excluding carboxylic acids is 1. The average molecular weight is 169 g/mol. The van der Waals surface area contributed by atoms with E-state index in [2.05, 4.69) is 5.32 Å². The molecule has 0 spiro atoms. The first kappa shape index (κ1) is 9.65. The molecule has 1 fully saturated rings. The van der Waals surface area contributed by atoms with Crippen molar-refractivity contribution in [2.24, 2.45) is 5.73 Å². The van der Waals surface area contributed by atoms with Crippen LogP contribution in [0, 0.1) is 0 Å². The molecular weight excluding hydrogens is 159 g/mol. The molecule has 2 atom stereocenters. The molecule has 10 heavy (non-hydrogen) atoms. The molecule has 1 amide bonds. The lowest BCUT2D eigenvalue weighted by Gasteiger charge is -2.00. The van der Waals surface area contributed by atoms with Crippen molar-refractivity contribution in [3.05, 3.63) is 0 Å². The van der Waals surface area contributed by atoms with Crippen molar-refractivity contribution < 1.29 is 9.18 Å². The fourth-order valence-electron chi connectivity index (χ4n) is 0.909. The van der Waals surface area contributed by atoms with E-state index in [4.69, 9.17) is 5.73 Å². The lowest BCUT2D eigenvalue weighted by Crippen LogP contribution is -2.36. The minimum absolute atomic E-state index is 0. The lowest BCUT2D eigenvalue weighted by molar-refractivity contribution is -0.119. The zero-order valence-corrected chi connectivity index (χ0v) is 6.16. The van der Waals surface area contributed by atoms with Gasteiger partial charge in [-0.15, -0.1) is 12.4 Å². The molecule has 3 nitrogen and oxygen atoms in total. The van der Waals surface area contributed by atoms with E-state index in [1.54, 1.807) is 0 Å².